The number of hydrogen-bond acceptors (Lipinski definition) is 5. The van der Waals surface area contributed by atoms with Gasteiger partial charge in [0.1, 0.15) is 11.7 Å². The number of para-hydroxylation sites is 1. The first-order valence-electron chi connectivity index (χ1n) is 11.5. The number of nitrogens with one attached hydrogen (secondary N) is 1. The summed E-state index contributed by atoms with van der Waals surface area (Å²) in [6, 6.07) is 14.8. The number of hydrogen-bond donors (Lipinski definition) is 2. The van der Waals surface area contributed by atoms with Crippen molar-refractivity contribution >= 4 is 39.6 Å². The Balaban J connectivity index is 1.65. The number of benzene rings is 2. The van der Waals surface area contributed by atoms with Gasteiger partial charge >= 0.3 is 12.2 Å². The van der Waals surface area contributed by atoms with E-state index in [-0.39, 0.29) is 25.3 Å². The summed E-state index contributed by atoms with van der Waals surface area (Å²) in [6.07, 6.45) is -1.73. The normalized spacial score (nSPS) is 18.1. The molecule has 2 aromatic rings. The standard InChI is InChI=1S/C26H31BrN2O6/c1-26(2,3)35-24(31)28-21-7-5-4-6-18(21)10-13-20-15-29(25(32)33)16-23(34-20)22(30)14-17-8-11-19(27)12-9-17/h4-9,11-12,20,23H,10,13-16H2,1-3H3,(H,28,31)(H,32,33)/t20-,23+/m1/s1. The molecule has 1 heterocycles. The van der Waals surface area contributed by atoms with Crippen molar-refractivity contribution in [3.8, 4) is 0 Å². The van der Waals surface area contributed by atoms with Crippen LogP contribution in [0.1, 0.15) is 38.3 Å². The van der Waals surface area contributed by atoms with Crippen LogP contribution in [0.2, 0.25) is 0 Å². The number of aryl methyl sites for hydroxylation is 1. The molecule has 2 atom stereocenters. The summed E-state index contributed by atoms with van der Waals surface area (Å²) < 4.78 is 12.3. The lowest BCUT2D eigenvalue weighted by atomic mass is 10.0. The predicted octanol–water partition coefficient (Wildman–Crippen LogP) is 5.29. The van der Waals surface area contributed by atoms with Crippen LogP contribution in [0.25, 0.3) is 0 Å². The van der Waals surface area contributed by atoms with Crippen molar-refractivity contribution in [1.82, 2.24) is 4.90 Å². The van der Waals surface area contributed by atoms with Crippen molar-refractivity contribution in [2.24, 2.45) is 0 Å². The van der Waals surface area contributed by atoms with Crippen molar-refractivity contribution in [3.63, 3.8) is 0 Å². The molecule has 0 aromatic heterocycles. The van der Waals surface area contributed by atoms with Crippen LogP contribution in [-0.2, 0) is 27.1 Å². The van der Waals surface area contributed by atoms with Crippen molar-refractivity contribution in [3.05, 3.63) is 64.1 Å². The zero-order valence-electron chi connectivity index (χ0n) is 20.1. The van der Waals surface area contributed by atoms with E-state index in [9.17, 15) is 19.5 Å². The first-order valence-corrected chi connectivity index (χ1v) is 12.3. The Bertz CT molecular complexity index is 1050. The maximum absolute atomic E-state index is 12.9. The Hall–Kier alpha value is -2.91. The third kappa shape index (κ3) is 8.36. The Kier molecular flexibility index (Phi) is 8.91. The monoisotopic (exact) mass is 546 g/mol. The third-order valence-corrected chi connectivity index (χ3v) is 6.01. The number of anilines is 1. The molecule has 9 heteroatoms. The first-order chi connectivity index (χ1) is 16.5. The van der Waals surface area contributed by atoms with Crippen LogP contribution >= 0.6 is 15.9 Å². The van der Waals surface area contributed by atoms with E-state index in [1.807, 2.05) is 42.5 Å². The molecule has 188 valence electrons. The number of carbonyl (C=O) groups excluding carboxylic acids is 2. The fourth-order valence-corrected chi connectivity index (χ4v) is 4.10. The largest absolute Gasteiger partial charge is 0.465 e. The highest BCUT2D eigenvalue weighted by atomic mass is 79.9. The van der Waals surface area contributed by atoms with Gasteiger partial charge in [0.15, 0.2) is 5.78 Å². The van der Waals surface area contributed by atoms with Crippen LogP contribution in [0.5, 0.6) is 0 Å². The molecule has 0 spiro atoms. The number of carboxylic acid groups (broad SMARTS) is 1. The lowest BCUT2D eigenvalue weighted by Crippen LogP contribution is -2.52. The predicted molar refractivity (Wildman–Crippen MR) is 136 cm³/mol. The molecular formula is C26H31BrN2O6. The van der Waals surface area contributed by atoms with Crippen molar-refractivity contribution in [2.45, 2.75) is 57.8 Å². The summed E-state index contributed by atoms with van der Waals surface area (Å²) in [5.74, 6) is -0.157. The van der Waals surface area contributed by atoms with Crippen molar-refractivity contribution in [2.75, 3.05) is 18.4 Å². The molecule has 0 aliphatic carbocycles. The van der Waals surface area contributed by atoms with Crippen molar-refractivity contribution < 1.29 is 29.0 Å². The second kappa shape index (κ2) is 11.7. The molecule has 2 aromatic carbocycles. The summed E-state index contributed by atoms with van der Waals surface area (Å²) in [5, 5.41) is 12.4. The van der Waals surface area contributed by atoms with E-state index in [1.165, 1.54) is 4.90 Å². The average Bonchev–Trinajstić information content (AvgIpc) is 2.78. The number of ether oxygens (including phenoxy) is 2. The maximum atomic E-state index is 12.9. The number of rotatable bonds is 7. The lowest BCUT2D eigenvalue weighted by Gasteiger charge is -2.36. The van der Waals surface area contributed by atoms with Crippen LogP contribution in [0.15, 0.2) is 53.0 Å². The Morgan fingerprint density at radius 3 is 2.46 bits per heavy atom. The minimum atomic E-state index is -1.08. The minimum absolute atomic E-state index is 0.0119. The summed E-state index contributed by atoms with van der Waals surface area (Å²) in [5.41, 5.74) is 1.71. The van der Waals surface area contributed by atoms with Gasteiger partial charge in [-0.3, -0.25) is 10.1 Å². The number of nitrogens with zero attached hydrogens (tertiary/aromatic N) is 1. The molecule has 35 heavy (non-hydrogen) atoms. The molecule has 8 nitrogen and oxygen atoms in total. The molecule has 1 fully saturated rings. The van der Waals surface area contributed by atoms with E-state index < -0.39 is 30.0 Å². The summed E-state index contributed by atoms with van der Waals surface area (Å²) in [6.45, 7) is 5.57. The summed E-state index contributed by atoms with van der Waals surface area (Å²) in [7, 11) is 0. The van der Waals surface area contributed by atoms with Gasteiger partial charge in [0, 0.05) is 16.6 Å². The van der Waals surface area contributed by atoms with Crippen LogP contribution in [-0.4, -0.2) is 58.9 Å². The van der Waals surface area contributed by atoms with Gasteiger partial charge in [0.25, 0.3) is 0 Å². The Morgan fingerprint density at radius 1 is 1.11 bits per heavy atom. The van der Waals surface area contributed by atoms with E-state index in [4.69, 9.17) is 9.47 Å². The molecule has 0 radical (unpaired) electrons. The second-order valence-electron chi connectivity index (χ2n) is 9.53. The van der Waals surface area contributed by atoms with Gasteiger partial charge in [-0.15, -0.1) is 0 Å². The fraction of sp³-hybridized carbons (Fsp3) is 0.423. The van der Waals surface area contributed by atoms with Crippen LogP contribution in [0.3, 0.4) is 0 Å². The molecule has 0 bridgehead atoms. The van der Waals surface area contributed by atoms with Crippen LogP contribution in [0.4, 0.5) is 15.3 Å². The Morgan fingerprint density at radius 2 is 1.80 bits per heavy atom. The van der Waals surface area contributed by atoms with E-state index >= 15 is 0 Å². The van der Waals surface area contributed by atoms with Gasteiger partial charge in [0.05, 0.1) is 19.2 Å². The number of halogens is 1. The topological polar surface area (TPSA) is 105 Å². The highest BCUT2D eigenvalue weighted by Crippen LogP contribution is 2.23. The molecule has 2 N–H and O–H groups in total. The second-order valence-corrected chi connectivity index (χ2v) is 10.4. The lowest BCUT2D eigenvalue weighted by molar-refractivity contribution is -0.142. The highest BCUT2D eigenvalue weighted by molar-refractivity contribution is 9.10. The molecular weight excluding hydrogens is 516 g/mol. The first kappa shape index (κ1) is 26.7. The van der Waals surface area contributed by atoms with Crippen LogP contribution in [0, 0.1) is 0 Å². The smallest absolute Gasteiger partial charge is 0.412 e. The zero-order chi connectivity index (χ0) is 25.6. The fourth-order valence-electron chi connectivity index (χ4n) is 3.84. The molecule has 1 saturated heterocycles. The summed E-state index contributed by atoms with van der Waals surface area (Å²) >= 11 is 3.38. The van der Waals surface area contributed by atoms with Gasteiger partial charge in [0.2, 0.25) is 0 Å². The van der Waals surface area contributed by atoms with Gasteiger partial charge in [-0.25, -0.2) is 9.59 Å². The Labute approximate surface area is 213 Å². The average molecular weight is 547 g/mol. The number of ketones is 1. The SMILES string of the molecule is CC(C)(C)OC(=O)Nc1ccccc1CC[C@@H]1CN(C(=O)O)C[C@@H](C(=O)Cc2ccc(Br)cc2)O1. The molecule has 0 unspecified atom stereocenters. The van der Waals surface area contributed by atoms with Crippen molar-refractivity contribution in [1.29, 1.82) is 0 Å². The van der Waals surface area contributed by atoms with E-state index in [0.717, 1.165) is 15.6 Å². The van der Waals surface area contributed by atoms with Gasteiger partial charge in [-0.2, -0.15) is 0 Å². The summed E-state index contributed by atoms with van der Waals surface area (Å²) in [4.78, 5) is 38.1. The quantitative estimate of drug-likeness (QED) is 0.488. The number of Topliss-reactive ketones (excluding diaryl/α,β-unsaturated/α-hetero) is 1. The molecule has 1 aliphatic heterocycles. The van der Waals surface area contributed by atoms with Crippen LogP contribution < -0.4 is 5.32 Å². The van der Waals surface area contributed by atoms with Gasteiger partial charge in [-0.1, -0.05) is 46.3 Å². The maximum Gasteiger partial charge on any atom is 0.412 e. The molecule has 3 rings (SSSR count). The highest BCUT2D eigenvalue weighted by Gasteiger charge is 2.34. The molecule has 0 saturated carbocycles. The van der Waals surface area contributed by atoms with Gasteiger partial charge in [-0.05, 0) is 62.9 Å². The van der Waals surface area contributed by atoms with E-state index in [2.05, 4.69) is 21.2 Å². The number of amides is 2. The molecule has 2 amide bonds. The zero-order valence-corrected chi connectivity index (χ0v) is 21.7. The number of carbonyl (C=O) groups is 3. The number of morpholine rings is 1. The van der Waals surface area contributed by atoms with E-state index in [0.29, 0.717) is 18.5 Å². The third-order valence-electron chi connectivity index (χ3n) is 5.48. The van der Waals surface area contributed by atoms with E-state index in [1.54, 1.807) is 26.8 Å². The minimum Gasteiger partial charge on any atom is -0.465 e. The molecule has 1 aliphatic rings. The van der Waals surface area contributed by atoms with Gasteiger partial charge < -0.3 is 19.5 Å².